The van der Waals surface area contributed by atoms with Gasteiger partial charge in [-0.3, -0.25) is 0 Å². The number of nitrogens with zero attached hydrogens (tertiary/aromatic N) is 4. The van der Waals surface area contributed by atoms with Crippen LogP contribution in [0.5, 0.6) is 5.88 Å². The lowest BCUT2D eigenvalue weighted by atomic mass is 10.1. The molecule has 2 aromatic rings. The second-order valence-electron chi connectivity index (χ2n) is 6.08. The number of aromatic amines is 1. The second kappa shape index (κ2) is 6.07. The lowest BCUT2D eigenvalue weighted by Crippen LogP contribution is -2.24. The molecule has 6 nitrogen and oxygen atoms in total. The van der Waals surface area contributed by atoms with Gasteiger partial charge >= 0.3 is 0 Å². The number of fused-ring (bicyclic) bond motifs is 1. The van der Waals surface area contributed by atoms with E-state index in [0.717, 1.165) is 32.1 Å². The van der Waals surface area contributed by atoms with E-state index in [1.807, 2.05) is 0 Å². The number of halogens is 1. The molecule has 24 heavy (non-hydrogen) atoms. The van der Waals surface area contributed by atoms with Crippen molar-refractivity contribution in [2.24, 2.45) is 4.99 Å². The minimum absolute atomic E-state index is 0.0621. The van der Waals surface area contributed by atoms with Crippen molar-refractivity contribution in [1.29, 1.82) is 0 Å². The standard InChI is InChI=1S/C17H18FN5O/c18-12-8-13-11(9-19-15(13)20-10-12)7-14-16(24)22-17(21-14)23-5-3-1-2-4-6-23/h7-10,24H,1-6H2,(H,21,22). The summed E-state index contributed by atoms with van der Waals surface area (Å²) in [6.45, 7) is 1.87. The average molecular weight is 327 g/mol. The van der Waals surface area contributed by atoms with E-state index in [2.05, 4.69) is 24.8 Å². The second-order valence-corrected chi connectivity index (χ2v) is 6.08. The van der Waals surface area contributed by atoms with Gasteiger partial charge in [0.05, 0.1) is 6.20 Å². The van der Waals surface area contributed by atoms with Crippen molar-refractivity contribution >= 4 is 29.6 Å². The van der Waals surface area contributed by atoms with Crippen molar-refractivity contribution in [2.75, 3.05) is 18.0 Å². The molecule has 124 valence electrons. The van der Waals surface area contributed by atoms with Gasteiger partial charge in [-0.15, -0.1) is 0 Å². The van der Waals surface area contributed by atoms with Crippen molar-refractivity contribution in [3.63, 3.8) is 0 Å². The lowest BCUT2D eigenvalue weighted by molar-refractivity contribution is 0.455. The van der Waals surface area contributed by atoms with Gasteiger partial charge in [-0.1, -0.05) is 12.8 Å². The number of imidazole rings is 1. The summed E-state index contributed by atoms with van der Waals surface area (Å²) in [7, 11) is 0. The third kappa shape index (κ3) is 2.77. The van der Waals surface area contributed by atoms with Gasteiger partial charge in [0.15, 0.2) is 5.82 Å². The molecule has 0 spiro atoms. The molecule has 2 aliphatic heterocycles. The highest BCUT2D eigenvalue weighted by Gasteiger charge is 2.18. The maximum absolute atomic E-state index is 13.4. The summed E-state index contributed by atoms with van der Waals surface area (Å²) in [5, 5.41) is 10.1. The van der Waals surface area contributed by atoms with Gasteiger partial charge < -0.3 is 15.0 Å². The van der Waals surface area contributed by atoms with Crippen molar-refractivity contribution < 1.29 is 9.50 Å². The highest BCUT2D eigenvalue weighted by molar-refractivity contribution is 6.20. The normalized spacial score (nSPS) is 18.9. The van der Waals surface area contributed by atoms with Gasteiger partial charge in [-0.25, -0.2) is 14.4 Å². The Kier molecular flexibility index (Phi) is 3.76. The Labute approximate surface area is 138 Å². The molecule has 2 aromatic heterocycles. The van der Waals surface area contributed by atoms with Crippen LogP contribution in [0.15, 0.2) is 17.3 Å². The quantitative estimate of drug-likeness (QED) is 0.887. The van der Waals surface area contributed by atoms with Crippen LogP contribution in [-0.2, 0) is 0 Å². The Morgan fingerprint density at radius 1 is 1.21 bits per heavy atom. The number of allylic oxidation sites excluding steroid dienone is 1. The third-order valence-corrected chi connectivity index (χ3v) is 4.37. The number of aromatic hydroxyl groups is 1. The molecule has 2 N–H and O–H groups in total. The first-order valence-corrected chi connectivity index (χ1v) is 8.16. The Morgan fingerprint density at radius 3 is 2.79 bits per heavy atom. The zero-order valence-corrected chi connectivity index (χ0v) is 13.2. The van der Waals surface area contributed by atoms with Gasteiger partial charge in [0.1, 0.15) is 11.5 Å². The van der Waals surface area contributed by atoms with Crippen LogP contribution in [0.4, 0.5) is 16.2 Å². The maximum Gasteiger partial charge on any atom is 0.238 e. The summed E-state index contributed by atoms with van der Waals surface area (Å²) >= 11 is 0. The van der Waals surface area contributed by atoms with Crippen molar-refractivity contribution in [2.45, 2.75) is 25.7 Å². The first-order valence-electron chi connectivity index (χ1n) is 8.16. The van der Waals surface area contributed by atoms with E-state index in [1.165, 1.54) is 18.9 Å². The minimum Gasteiger partial charge on any atom is -0.492 e. The fraction of sp³-hybridized carbons (Fsp3) is 0.353. The molecular weight excluding hydrogens is 309 g/mol. The maximum atomic E-state index is 13.4. The first kappa shape index (κ1) is 14.9. The monoisotopic (exact) mass is 327 g/mol. The van der Waals surface area contributed by atoms with Crippen molar-refractivity contribution in [3.05, 3.63) is 29.3 Å². The fourth-order valence-corrected chi connectivity index (χ4v) is 3.12. The van der Waals surface area contributed by atoms with Crippen LogP contribution >= 0.6 is 0 Å². The van der Waals surface area contributed by atoms with E-state index in [-0.39, 0.29) is 5.88 Å². The molecule has 0 atom stereocenters. The fourth-order valence-electron chi connectivity index (χ4n) is 3.12. The summed E-state index contributed by atoms with van der Waals surface area (Å²) in [5.74, 6) is 0.681. The molecule has 0 aromatic carbocycles. The molecule has 0 bridgehead atoms. The van der Waals surface area contributed by atoms with E-state index in [9.17, 15) is 9.50 Å². The molecule has 1 fully saturated rings. The summed E-state index contributed by atoms with van der Waals surface area (Å²) in [4.78, 5) is 17.7. The molecule has 7 heteroatoms. The number of hydrogen-bond donors (Lipinski definition) is 2. The number of nitrogens with one attached hydrogen (secondary N) is 1. The number of aromatic nitrogens is 3. The smallest absolute Gasteiger partial charge is 0.238 e. The van der Waals surface area contributed by atoms with E-state index in [4.69, 9.17) is 0 Å². The van der Waals surface area contributed by atoms with Gasteiger partial charge in [-0.2, -0.15) is 4.98 Å². The molecular formula is C17H18FN5O. The van der Waals surface area contributed by atoms with Crippen molar-refractivity contribution in [3.8, 4) is 5.88 Å². The van der Waals surface area contributed by atoms with Crippen LogP contribution in [0.1, 0.15) is 36.9 Å². The molecule has 1 saturated heterocycles. The predicted octanol–water partition coefficient (Wildman–Crippen LogP) is 3.29. The molecule has 0 aliphatic carbocycles. The third-order valence-electron chi connectivity index (χ3n) is 4.37. The van der Waals surface area contributed by atoms with E-state index >= 15 is 0 Å². The summed E-state index contributed by atoms with van der Waals surface area (Å²) in [5.41, 5.74) is 1.80. The Morgan fingerprint density at radius 2 is 2.00 bits per heavy atom. The average Bonchev–Trinajstić information content (AvgIpc) is 3.01. The minimum atomic E-state index is -0.413. The molecule has 0 radical (unpaired) electrons. The van der Waals surface area contributed by atoms with Crippen molar-refractivity contribution in [1.82, 2.24) is 15.0 Å². The summed E-state index contributed by atoms with van der Waals surface area (Å²) < 4.78 is 13.4. The molecule has 2 aliphatic rings. The highest BCUT2D eigenvalue weighted by Crippen LogP contribution is 2.32. The van der Waals surface area contributed by atoms with E-state index < -0.39 is 5.82 Å². The SMILES string of the molecule is Oc1nc(N2CCCCCC2)[nH]c1C=C1C=Nc2ncc(F)cc21. The van der Waals surface area contributed by atoms with Crippen LogP contribution in [0.3, 0.4) is 0 Å². The first-order chi connectivity index (χ1) is 11.7. The van der Waals surface area contributed by atoms with Gasteiger partial charge in [0.25, 0.3) is 0 Å². The Hall–Kier alpha value is -2.70. The van der Waals surface area contributed by atoms with E-state index in [1.54, 1.807) is 12.3 Å². The number of anilines is 1. The Bertz CT molecular complexity index is 818. The molecule has 0 unspecified atom stereocenters. The van der Waals surface area contributed by atoms with Crippen LogP contribution in [0.25, 0.3) is 11.6 Å². The zero-order chi connectivity index (χ0) is 16.5. The highest BCUT2D eigenvalue weighted by atomic mass is 19.1. The van der Waals surface area contributed by atoms with Crippen LogP contribution in [-0.4, -0.2) is 39.4 Å². The number of aliphatic imine (C=N–C) groups is 1. The lowest BCUT2D eigenvalue weighted by Gasteiger charge is -2.18. The zero-order valence-electron chi connectivity index (χ0n) is 13.2. The number of hydrogen-bond acceptors (Lipinski definition) is 5. The predicted molar refractivity (Wildman–Crippen MR) is 91.2 cm³/mol. The van der Waals surface area contributed by atoms with Crippen LogP contribution < -0.4 is 4.90 Å². The largest absolute Gasteiger partial charge is 0.492 e. The molecule has 0 saturated carbocycles. The summed E-state index contributed by atoms with van der Waals surface area (Å²) in [6, 6.07) is 1.39. The van der Waals surface area contributed by atoms with Gasteiger partial charge in [0.2, 0.25) is 11.8 Å². The molecule has 0 amide bonds. The van der Waals surface area contributed by atoms with E-state index in [0.29, 0.717) is 28.6 Å². The Balaban J connectivity index is 1.64. The molecule has 4 heterocycles. The number of H-pyrrole nitrogens is 1. The van der Waals surface area contributed by atoms with Gasteiger partial charge in [-0.05, 0) is 25.0 Å². The van der Waals surface area contributed by atoms with Crippen LogP contribution in [0, 0.1) is 5.82 Å². The summed E-state index contributed by atoms with van der Waals surface area (Å²) in [6.07, 6.45) is 9.19. The topological polar surface area (TPSA) is 77.4 Å². The molecule has 4 rings (SSSR count). The number of rotatable bonds is 2. The van der Waals surface area contributed by atoms with Crippen LogP contribution in [0.2, 0.25) is 0 Å². The number of pyridine rings is 1. The van der Waals surface area contributed by atoms with Gasteiger partial charge in [0, 0.05) is 30.4 Å².